The molecule has 7 heteroatoms. The van der Waals surface area contributed by atoms with E-state index in [1.807, 2.05) is 0 Å². The molecule has 0 bridgehead atoms. The molecule has 116 valence electrons. The van der Waals surface area contributed by atoms with E-state index in [1.165, 1.54) is 0 Å². The van der Waals surface area contributed by atoms with Crippen molar-refractivity contribution in [3.05, 3.63) is 29.8 Å². The van der Waals surface area contributed by atoms with Gasteiger partial charge < -0.3 is 21.1 Å². The van der Waals surface area contributed by atoms with E-state index in [0.29, 0.717) is 23.9 Å². The number of primary amides is 1. The number of carbonyl (C=O) groups excluding carboxylic acids is 2. The summed E-state index contributed by atoms with van der Waals surface area (Å²) >= 11 is 0. The molecule has 0 saturated carbocycles. The molecule has 0 spiro atoms. The molecule has 0 aromatic heterocycles. The smallest absolute Gasteiger partial charge is 0.255 e. The Kier molecular flexibility index (Phi) is 6.98. The zero-order chi connectivity index (χ0) is 14.4. The molecule has 1 atom stereocenters. The van der Waals surface area contributed by atoms with Crippen LogP contribution in [0, 0.1) is 0 Å². The van der Waals surface area contributed by atoms with Crippen LogP contribution < -0.4 is 21.1 Å². The molecule has 6 nitrogen and oxygen atoms in total. The van der Waals surface area contributed by atoms with Gasteiger partial charge in [-0.3, -0.25) is 9.59 Å². The summed E-state index contributed by atoms with van der Waals surface area (Å²) in [7, 11) is 0. The predicted molar refractivity (Wildman–Crippen MR) is 81.7 cm³/mol. The number of nitrogens with two attached hydrogens (primary N) is 1. The van der Waals surface area contributed by atoms with Crippen molar-refractivity contribution in [3.63, 3.8) is 0 Å². The molecular weight excluding hydrogens is 294 g/mol. The second-order valence-electron chi connectivity index (χ2n) is 4.78. The minimum absolute atomic E-state index is 0. The van der Waals surface area contributed by atoms with E-state index in [-0.39, 0.29) is 24.9 Å². The summed E-state index contributed by atoms with van der Waals surface area (Å²) in [6, 6.07) is 6.98. The van der Waals surface area contributed by atoms with Gasteiger partial charge in [-0.25, -0.2) is 0 Å². The van der Waals surface area contributed by atoms with Gasteiger partial charge in [0, 0.05) is 18.2 Å². The standard InChI is InChI=1S/C14H19N3O3.ClH/c15-13(18)9-20-12-5-3-10(4-6-12)14(19)17-8-11-2-1-7-16-11;/h3-6,11,16H,1-2,7-9H2,(H2,15,18)(H,17,19);1H. The van der Waals surface area contributed by atoms with Crippen molar-refractivity contribution in [1.29, 1.82) is 0 Å². The van der Waals surface area contributed by atoms with Gasteiger partial charge in [0.1, 0.15) is 5.75 Å². The lowest BCUT2D eigenvalue weighted by atomic mass is 10.2. The van der Waals surface area contributed by atoms with Gasteiger partial charge in [-0.2, -0.15) is 0 Å². The van der Waals surface area contributed by atoms with Gasteiger partial charge in [0.2, 0.25) is 0 Å². The topological polar surface area (TPSA) is 93.5 Å². The number of halogens is 1. The first-order valence-electron chi connectivity index (χ1n) is 6.68. The zero-order valence-electron chi connectivity index (χ0n) is 11.6. The predicted octanol–water partition coefficient (Wildman–Crippen LogP) is 0.454. The SMILES string of the molecule is Cl.NC(=O)COc1ccc(C(=O)NCC2CCCN2)cc1. The first-order valence-corrected chi connectivity index (χ1v) is 6.68. The molecule has 1 saturated heterocycles. The lowest BCUT2D eigenvalue weighted by Gasteiger charge is -2.11. The summed E-state index contributed by atoms with van der Waals surface area (Å²) < 4.78 is 5.13. The van der Waals surface area contributed by atoms with Crippen LogP contribution in [0.2, 0.25) is 0 Å². The number of benzene rings is 1. The van der Waals surface area contributed by atoms with Gasteiger partial charge in [-0.1, -0.05) is 0 Å². The van der Waals surface area contributed by atoms with E-state index in [0.717, 1.165) is 19.4 Å². The maximum Gasteiger partial charge on any atom is 0.255 e. The van der Waals surface area contributed by atoms with E-state index in [9.17, 15) is 9.59 Å². The number of rotatable bonds is 6. The van der Waals surface area contributed by atoms with Crippen LogP contribution in [0.5, 0.6) is 5.75 Å². The number of ether oxygens (including phenoxy) is 1. The van der Waals surface area contributed by atoms with Crippen LogP contribution in [-0.2, 0) is 4.79 Å². The van der Waals surface area contributed by atoms with Crippen molar-refractivity contribution < 1.29 is 14.3 Å². The van der Waals surface area contributed by atoms with E-state index in [1.54, 1.807) is 24.3 Å². The van der Waals surface area contributed by atoms with E-state index < -0.39 is 5.91 Å². The minimum Gasteiger partial charge on any atom is -0.484 e. The molecule has 1 unspecified atom stereocenters. The van der Waals surface area contributed by atoms with E-state index >= 15 is 0 Å². The molecule has 1 heterocycles. The van der Waals surface area contributed by atoms with Crippen LogP contribution >= 0.6 is 12.4 Å². The highest BCUT2D eigenvalue weighted by molar-refractivity contribution is 5.94. The fraction of sp³-hybridized carbons (Fsp3) is 0.429. The Balaban J connectivity index is 0.00000220. The van der Waals surface area contributed by atoms with E-state index in [4.69, 9.17) is 10.5 Å². The van der Waals surface area contributed by atoms with Crippen LogP contribution in [0.25, 0.3) is 0 Å². The molecular formula is C14H20ClN3O3. The van der Waals surface area contributed by atoms with Crippen molar-refractivity contribution in [2.75, 3.05) is 19.7 Å². The Labute approximate surface area is 129 Å². The maximum atomic E-state index is 11.9. The average molecular weight is 314 g/mol. The molecule has 2 rings (SSSR count). The van der Waals surface area contributed by atoms with Gasteiger partial charge in [0.25, 0.3) is 11.8 Å². The lowest BCUT2D eigenvalue weighted by Crippen LogP contribution is -2.37. The summed E-state index contributed by atoms with van der Waals surface area (Å²) in [5.74, 6) is -0.131. The highest BCUT2D eigenvalue weighted by Crippen LogP contribution is 2.12. The third-order valence-electron chi connectivity index (χ3n) is 3.17. The van der Waals surface area contributed by atoms with Gasteiger partial charge in [-0.05, 0) is 43.7 Å². The Morgan fingerprint density at radius 1 is 1.33 bits per heavy atom. The van der Waals surface area contributed by atoms with Crippen LogP contribution in [0.4, 0.5) is 0 Å². The van der Waals surface area contributed by atoms with Crippen molar-refractivity contribution >= 4 is 24.2 Å². The molecule has 1 aliphatic heterocycles. The van der Waals surface area contributed by atoms with Gasteiger partial charge in [0.15, 0.2) is 6.61 Å². The number of hydrogen-bond acceptors (Lipinski definition) is 4. The molecule has 0 aliphatic carbocycles. The summed E-state index contributed by atoms with van der Waals surface area (Å²) in [5, 5.41) is 6.22. The fourth-order valence-corrected chi connectivity index (χ4v) is 2.11. The Morgan fingerprint density at radius 2 is 2.05 bits per heavy atom. The normalized spacial score (nSPS) is 16.9. The van der Waals surface area contributed by atoms with Crippen molar-refractivity contribution in [2.24, 2.45) is 5.73 Å². The van der Waals surface area contributed by atoms with Crippen molar-refractivity contribution in [3.8, 4) is 5.75 Å². The monoisotopic (exact) mass is 313 g/mol. The molecule has 1 fully saturated rings. The second kappa shape index (κ2) is 8.49. The summed E-state index contributed by atoms with van der Waals surface area (Å²) in [6.45, 7) is 1.49. The third kappa shape index (κ3) is 5.61. The molecule has 1 aliphatic rings. The maximum absolute atomic E-state index is 11.9. The fourth-order valence-electron chi connectivity index (χ4n) is 2.11. The Hall–Kier alpha value is -1.79. The Bertz CT molecular complexity index is 473. The summed E-state index contributed by atoms with van der Waals surface area (Å²) in [5.41, 5.74) is 5.55. The van der Waals surface area contributed by atoms with Crippen LogP contribution in [0.15, 0.2) is 24.3 Å². The van der Waals surface area contributed by atoms with Crippen LogP contribution in [0.1, 0.15) is 23.2 Å². The lowest BCUT2D eigenvalue weighted by molar-refractivity contribution is -0.119. The van der Waals surface area contributed by atoms with E-state index in [2.05, 4.69) is 10.6 Å². The van der Waals surface area contributed by atoms with Gasteiger partial charge in [-0.15, -0.1) is 12.4 Å². The number of amides is 2. The number of nitrogens with one attached hydrogen (secondary N) is 2. The first-order chi connectivity index (χ1) is 9.65. The highest BCUT2D eigenvalue weighted by atomic mass is 35.5. The molecule has 4 N–H and O–H groups in total. The molecule has 1 aromatic rings. The first kappa shape index (κ1) is 17.3. The van der Waals surface area contributed by atoms with Crippen molar-refractivity contribution in [2.45, 2.75) is 18.9 Å². The van der Waals surface area contributed by atoms with Crippen molar-refractivity contribution in [1.82, 2.24) is 10.6 Å². The molecule has 1 aromatic carbocycles. The van der Waals surface area contributed by atoms with Gasteiger partial charge >= 0.3 is 0 Å². The summed E-state index contributed by atoms with van der Waals surface area (Å²) in [6.07, 6.45) is 2.26. The third-order valence-corrected chi connectivity index (χ3v) is 3.17. The van der Waals surface area contributed by atoms with Crippen LogP contribution in [-0.4, -0.2) is 37.6 Å². The van der Waals surface area contributed by atoms with Gasteiger partial charge in [0.05, 0.1) is 0 Å². The minimum atomic E-state index is -0.532. The summed E-state index contributed by atoms with van der Waals surface area (Å²) in [4.78, 5) is 22.5. The zero-order valence-corrected chi connectivity index (χ0v) is 12.4. The quantitative estimate of drug-likeness (QED) is 0.711. The largest absolute Gasteiger partial charge is 0.484 e. The molecule has 0 radical (unpaired) electrons. The molecule has 2 amide bonds. The Morgan fingerprint density at radius 3 is 2.62 bits per heavy atom. The van der Waals surface area contributed by atoms with Crippen LogP contribution in [0.3, 0.4) is 0 Å². The number of hydrogen-bond donors (Lipinski definition) is 3. The highest BCUT2D eigenvalue weighted by Gasteiger charge is 2.15. The second-order valence-corrected chi connectivity index (χ2v) is 4.78. The molecule has 21 heavy (non-hydrogen) atoms. The average Bonchev–Trinajstić information content (AvgIpc) is 2.96. The number of carbonyl (C=O) groups is 2.